The number of rotatable bonds is 6. The lowest BCUT2D eigenvalue weighted by atomic mass is 9.77. The van der Waals surface area contributed by atoms with Crippen LogP contribution in [0.15, 0.2) is 61.2 Å². The molecule has 0 aromatic heterocycles. The van der Waals surface area contributed by atoms with E-state index < -0.39 is 41.5 Å². The molecule has 3 N–H and O–H groups in total. The molecule has 31 heavy (non-hydrogen) atoms. The third kappa shape index (κ3) is 4.38. The molecule has 1 heterocycles. The molecule has 6 nitrogen and oxygen atoms in total. The molecule has 3 atom stereocenters. The van der Waals surface area contributed by atoms with Gasteiger partial charge in [-0.25, -0.2) is 9.18 Å². The topological polar surface area (TPSA) is 87.7 Å². The van der Waals surface area contributed by atoms with Crippen molar-refractivity contribution in [1.82, 2.24) is 10.6 Å². The van der Waals surface area contributed by atoms with E-state index in [4.69, 9.17) is 4.74 Å². The number of urea groups is 1. The predicted octanol–water partition coefficient (Wildman–Crippen LogP) is 3.49. The molecule has 164 valence electrons. The minimum absolute atomic E-state index is 0.129. The molecule has 0 spiro atoms. The second kappa shape index (κ2) is 8.38. The Morgan fingerprint density at radius 1 is 1.16 bits per heavy atom. The summed E-state index contributed by atoms with van der Waals surface area (Å²) >= 11 is 0. The highest BCUT2D eigenvalue weighted by Gasteiger charge is 2.66. The quantitative estimate of drug-likeness (QED) is 0.366. The molecule has 1 aliphatic heterocycles. The Bertz CT molecular complexity index is 976. The molecule has 1 aliphatic rings. The van der Waals surface area contributed by atoms with E-state index >= 15 is 0 Å². The summed E-state index contributed by atoms with van der Waals surface area (Å²) < 4.78 is 60.1. The number of carbonyl (C=O) groups is 2. The first kappa shape index (κ1) is 22.3. The van der Waals surface area contributed by atoms with E-state index in [-0.39, 0.29) is 17.7 Å². The van der Waals surface area contributed by atoms with E-state index in [1.165, 1.54) is 35.7 Å². The Morgan fingerprint density at radius 3 is 2.32 bits per heavy atom. The highest BCUT2D eigenvalue weighted by molar-refractivity contribution is 6.00. The van der Waals surface area contributed by atoms with Crippen LogP contribution in [0.4, 0.5) is 22.4 Å². The zero-order chi connectivity index (χ0) is 22.8. The molecule has 1 saturated heterocycles. The van der Waals surface area contributed by atoms with Crippen LogP contribution < -0.4 is 15.4 Å². The molecule has 2 amide bonds. The average Bonchev–Trinajstić information content (AvgIpc) is 2.71. The van der Waals surface area contributed by atoms with Crippen molar-refractivity contribution in [1.29, 1.82) is 0 Å². The van der Waals surface area contributed by atoms with Crippen LogP contribution in [0, 0.1) is 11.7 Å². The van der Waals surface area contributed by atoms with E-state index in [9.17, 15) is 32.3 Å². The number of alkyl halides is 3. The van der Waals surface area contributed by atoms with Gasteiger partial charge in [-0.05, 0) is 42.0 Å². The van der Waals surface area contributed by atoms with Crippen molar-refractivity contribution in [2.45, 2.75) is 17.9 Å². The molecule has 0 bridgehead atoms. The second-order valence-corrected chi connectivity index (χ2v) is 6.86. The lowest BCUT2D eigenvalue weighted by Gasteiger charge is -2.45. The van der Waals surface area contributed by atoms with Crippen molar-refractivity contribution in [3.63, 3.8) is 0 Å². The third-order valence-corrected chi connectivity index (χ3v) is 4.82. The summed E-state index contributed by atoms with van der Waals surface area (Å²) in [5.41, 5.74) is -3.99. The maximum Gasteiger partial charge on any atom is 0.437 e. The number of amides is 2. The maximum atomic E-state index is 13.8. The van der Waals surface area contributed by atoms with Gasteiger partial charge in [-0.1, -0.05) is 24.8 Å². The number of hydrogen-bond donors (Lipinski definition) is 3. The van der Waals surface area contributed by atoms with Gasteiger partial charge in [0.15, 0.2) is 5.78 Å². The highest BCUT2D eigenvalue weighted by Crippen LogP contribution is 2.44. The van der Waals surface area contributed by atoms with Crippen LogP contribution in [0.2, 0.25) is 0 Å². The van der Waals surface area contributed by atoms with Crippen LogP contribution in [0.5, 0.6) is 5.75 Å². The third-order valence-electron chi connectivity index (χ3n) is 4.82. The lowest BCUT2D eigenvalue weighted by Crippen LogP contribution is -2.72. The van der Waals surface area contributed by atoms with Crippen LogP contribution in [-0.2, 0) is 0 Å². The van der Waals surface area contributed by atoms with Crippen molar-refractivity contribution >= 4 is 11.8 Å². The van der Waals surface area contributed by atoms with Crippen molar-refractivity contribution in [3.05, 3.63) is 78.1 Å². The van der Waals surface area contributed by atoms with E-state index in [2.05, 4.69) is 11.9 Å². The summed E-state index contributed by atoms with van der Waals surface area (Å²) in [6.07, 6.45) is -3.88. The summed E-state index contributed by atoms with van der Waals surface area (Å²) in [5, 5.41) is 14.2. The first-order chi connectivity index (χ1) is 14.6. The fraction of sp³-hybridized carbons (Fsp3) is 0.238. The number of Topliss-reactive ketones (excluding diaryl/α,β-unsaturated/α-hetero) is 1. The molecular formula is C21H18F4N2O4. The fourth-order valence-electron chi connectivity index (χ4n) is 3.34. The van der Waals surface area contributed by atoms with Gasteiger partial charge in [-0.3, -0.25) is 4.79 Å². The van der Waals surface area contributed by atoms with Gasteiger partial charge >= 0.3 is 12.2 Å². The molecule has 0 aliphatic carbocycles. The SMILES string of the molecule is C=CCOc1ccc([C@@H]2NC(=O)N[C@@](O)(C(F)(F)F)[C@@H]2C(=O)c2ccc(F)cc2)cc1. The first-order valence-corrected chi connectivity index (χ1v) is 9.08. The molecule has 1 fully saturated rings. The Kier molecular flexibility index (Phi) is 6.03. The Hall–Kier alpha value is -3.40. The van der Waals surface area contributed by atoms with E-state index in [1.54, 1.807) is 0 Å². The number of ether oxygens (including phenoxy) is 1. The first-order valence-electron chi connectivity index (χ1n) is 9.08. The molecule has 2 aromatic carbocycles. The lowest BCUT2D eigenvalue weighted by molar-refractivity contribution is -0.287. The van der Waals surface area contributed by atoms with Gasteiger partial charge in [0.05, 0.1) is 6.04 Å². The molecule has 3 rings (SSSR count). The number of halogens is 4. The summed E-state index contributed by atoms with van der Waals surface area (Å²) in [6, 6.07) is 6.63. The molecule has 10 heteroatoms. The Morgan fingerprint density at radius 2 is 1.77 bits per heavy atom. The fourth-order valence-corrected chi connectivity index (χ4v) is 3.34. The average molecular weight is 438 g/mol. The number of carbonyl (C=O) groups excluding carboxylic acids is 2. The van der Waals surface area contributed by atoms with Gasteiger partial charge in [-0.15, -0.1) is 0 Å². The Balaban J connectivity index is 2.07. The van der Waals surface area contributed by atoms with Crippen LogP contribution in [0.1, 0.15) is 22.0 Å². The standard InChI is InChI=1S/C21H18F4N2O4/c1-2-11-31-15-9-5-12(6-10-15)17-16(18(28)13-3-7-14(22)8-4-13)20(30,21(23,24)25)27-19(29)26-17/h2-10,16-17,30H,1,11H2,(H2,26,27,29)/t16-,17-,20-/m0/s1. The van der Waals surface area contributed by atoms with Crippen molar-refractivity contribution in [2.24, 2.45) is 5.92 Å². The molecule has 0 unspecified atom stereocenters. The summed E-state index contributed by atoms with van der Waals surface area (Å²) in [6.45, 7) is 3.70. The minimum atomic E-state index is -5.38. The van der Waals surface area contributed by atoms with Gasteiger partial charge in [-0.2, -0.15) is 13.2 Å². The molecule has 0 radical (unpaired) electrons. The highest BCUT2D eigenvalue weighted by atomic mass is 19.4. The largest absolute Gasteiger partial charge is 0.490 e. The van der Waals surface area contributed by atoms with Gasteiger partial charge in [0, 0.05) is 5.56 Å². The van der Waals surface area contributed by atoms with E-state index in [1.807, 2.05) is 0 Å². The van der Waals surface area contributed by atoms with Crippen LogP contribution in [-0.4, -0.2) is 35.4 Å². The number of nitrogens with one attached hydrogen (secondary N) is 2. The zero-order valence-electron chi connectivity index (χ0n) is 15.9. The van der Waals surface area contributed by atoms with Crippen molar-refractivity contribution in [2.75, 3.05) is 6.61 Å². The smallest absolute Gasteiger partial charge is 0.437 e. The maximum absolute atomic E-state index is 13.8. The predicted molar refractivity (Wildman–Crippen MR) is 102 cm³/mol. The van der Waals surface area contributed by atoms with Gasteiger partial charge in [0.25, 0.3) is 0 Å². The number of ketones is 1. The monoisotopic (exact) mass is 438 g/mol. The van der Waals surface area contributed by atoms with Crippen molar-refractivity contribution < 1.29 is 37.0 Å². The van der Waals surface area contributed by atoms with Crippen LogP contribution in [0.25, 0.3) is 0 Å². The summed E-state index contributed by atoms with van der Waals surface area (Å²) in [7, 11) is 0. The van der Waals surface area contributed by atoms with Crippen LogP contribution >= 0.6 is 0 Å². The molecule has 0 saturated carbocycles. The van der Waals surface area contributed by atoms with Gasteiger partial charge < -0.3 is 20.5 Å². The van der Waals surface area contributed by atoms with E-state index in [0.29, 0.717) is 5.75 Å². The second-order valence-electron chi connectivity index (χ2n) is 6.86. The number of aliphatic hydroxyl groups is 1. The summed E-state index contributed by atoms with van der Waals surface area (Å²) in [5.74, 6) is -3.64. The minimum Gasteiger partial charge on any atom is -0.490 e. The molecule has 2 aromatic rings. The number of benzene rings is 2. The number of hydrogen-bond acceptors (Lipinski definition) is 4. The van der Waals surface area contributed by atoms with E-state index in [0.717, 1.165) is 24.3 Å². The zero-order valence-corrected chi connectivity index (χ0v) is 15.9. The van der Waals surface area contributed by atoms with Crippen LogP contribution in [0.3, 0.4) is 0 Å². The normalized spacial score (nSPS) is 23.5. The summed E-state index contributed by atoms with van der Waals surface area (Å²) in [4.78, 5) is 25.1. The van der Waals surface area contributed by atoms with Crippen molar-refractivity contribution in [3.8, 4) is 5.75 Å². The molecular weight excluding hydrogens is 420 g/mol. The van der Waals surface area contributed by atoms with Gasteiger partial charge in [0.1, 0.15) is 24.1 Å². The Labute approximate surface area is 174 Å². The van der Waals surface area contributed by atoms with Gasteiger partial charge in [0.2, 0.25) is 5.72 Å².